The number of hydrogen-bond acceptors (Lipinski definition) is 4. The van der Waals surface area contributed by atoms with Crippen molar-refractivity contribution in [2.45, 2.75) is 13.8 Å². The highest BCUT2D eigenvalue weighted by Crippen LogP contribution is 2.32. The number of aryl methyl sites for hydroxylation is 2. The molecule has 2 aromatic rings. The van der Waals surface area contributed by atoms with Crippen LogP contribution in [-0.4, -0.2) is 57.7 Å². The summed E-state index contributed by atoms with van der Waals surface area (Å²) in [4.78, 5) is 19.2. The molecule has 1 aliphatic rings. The molecule has 2 aromatic carbocycles. The fraction of sp³-hybridized carbons (Fsp3) is 0.409. The molecule has 0 radical (unpaired) electrons. The first-order chi connectivity index (χ1) is 13.0. The van der Waals surface area contributed by atoms with Crippen molar-refractivity contribution in [3.05, 3.63) is 53.6 Å². The number of likely N-dealkylation sites (N-methyl/N-ethyl adjacent to an activating group) is 1. The minimum atomic E-state index is -0.00654. The minimum Gasteiger partial charge on any atom is -0.484 e. The molecule has 0 bridgehead atoms. The highest BCUT2D eigenvalue weighted by atomic mass is 16.5. The fourth-order valence-corrected chi connectivity index (χ4v) is 3.26. The summed E-state index contributed by atoms with van der Waals surface area (Å²) in [7, 11) is 4.16. The molecule has 144 valence electrons. The molecule has 27 heavy (non-hydrogen) atoms. The van der Waals surface area contributed by atoms with Gasteiger partial charge < -0.3 is 19.4 Å². The number of fused-ring (bicyclic) bond motifs is 1. The average molecular weight is 367 g/mol. The molecule has 5 heteroatoms. The van der Waals surface area contributed by atoms with Gasteiger partial charge in [0.2, 0.25) is 0 Å². The summed E-state index contributed by atoms with van der Waals surface area (Å²) < 4.78 is 5.77. The lowest BCUT2D eigenvalue weighted by Crippen LogP contribution is -2.47. The third-order valence-corrected chi connectivity index (χ3v) is 5.07. The average Bonchev–Trinajstić information content (AvgIpc) is 2.66. The maximum atomic E-state index is 12.8. The van der Waals surface area contributed by atoms with E-state index in [-0.39, 0.29) is 12.5 Å². The van der Waals surface area contributed by atoms with Crippen LogP contribution in [0.3, 0.4) is 0 Å². The number of benzene rings is 2. The van der Waals surface area contributed by atoms with Gasteiger partial charge in [0.05, 0.1) is 11.4 Å². The van der Waals surface area contributed by atoms with Gasteiger partial charge in [-0.15, -0.1) is 0 Å². The van der Waals surface area contributed by atoms with E-state index in [2.05, 4.69) is 36.9 Å². The van der Waals surface area contributed by atoms with E-state index >= 15 is 0 Å². The van der Waals surface area contributed by atoms with Crippen molar-refractivity contribution < 1.29 is 9.53 Å². The predicted molar refractivity (Wildman–Crippen MR) is 111 cm³/mol. The van der Waals surface area contributed by atoms with Gasteiger partial charge in [-0.2, -0.15) is 0 Å². The molecule has 5 nitrogen and oxygen atoms in total. The van der Waals surface area contributed by atoms with E-state index < -0.39 is 0 Å². The van der Waals surface area contributed by atoms with E-state index in [1.807, 2.05) is 48.2 Å². The van der Waals surface area contributed by atoms with Crippen molar-refractivity contribution in [3.8, 4) is 5.75 Å². The van der Waals surface area contributed by atoms with Gasteiger partial charge in [0.1, 0.15) is 5.75 Å². The molecule has 0 saturated heterocycles. The largest absolute Gasteiger partial charge is 0.484 e. The van der Waals surface area contributed by atoms with Gasteiger partial charge >= 0.3 is 0 Å². The molecular formula is C22H29N3O2. The van der Waals surface area contributed by atoms with Gasteiger partial charge in [-0.1, -0.05) is 18.2 Å². The first-order valence-electron chi connectivity index (χ1n) is 9.45. The van der Waals surface area contributed by atoms with Crippen LogP contribution in [0.5, 0.6) is 5.75 Å². The smallest absolute Gasteiger partial charge is 0.265 e. The molecule has 0 saturated carbocycles. The van der Waals surface area contributed by atoms with Crippen LogP contribution >= 0.6 is 0 Å². The zero-order valence-corrected chi connectivity index (χ0v) is 16.7. The second kappa shape index (κ2) is 8.44. The van der Waals surface area contributed by atoms with Crippen molar-refractivity contribution in [2.24, 2.45) is 0 Å². The Hall–Kier alpha value is -2.53. The Labute approximate surface area is 162 Å². The minimum absolute atomic E-state index is 0.00654. The molecule has 0 aromatic heterocycles. The Bertz CT molecular complexity index is 804. The maximum absolute atomic E-state index is 12.8. The van der Waals surface area contributed by atoms with Crippen LogP contribution in [0, 0.1) is 13.8 Å². The third-order valence-electron chi connectivity index (χ3n) is 5.07. The summed E-state index contributed by atoms with van der Waals surface area (Å²) in [5.41, 5.74) is 4.47. The van der Waals surface area contributed by atoms with E-state index in [9.17, 15) is 4.79 Å². The third kappa shape index (κ3) is 4.61. The molecule has 0 fully saturated rings. The summed E-state index contributed by atoms with van der Waals surface area (Å²) in [6.07, 6.45) is 0. The Kier molecular flexibility index (Phi) is 6.01. The lowest BCUT2D eigenvalue weighted by Gasteiger charge is -2.38. The van der Waals surface area contributed by atoms with Gasteiger partial charge in [-0.25, -0.2) is 0 Å². The highest BCUT2D eigenvalue weighted by molar-refractivity contribution is 5.98. The van der Waals surface area contributed by atoms with Crippen molar-refractivity contribution in [1.29, 1.82) is 0 Å². The molecule has 3 rings (SSSR count). The highest BCUT2D eigenvalue weighted by Gasteiger charge is 2.26. The van der Waals surface area contributed by atoms with E-state index in [1.165, 1.54) is 11.1 Å². The maximum Gasteiger partial charge on any atom is 0.265 e. The SMILES string of the molecule is Cc1ccc(OCC(=O)N2CCN(CCN(C)C)c3ccccc32)cc1C. The van der Waals surface area contributed by atoms with E-state index in [4.69, 9.17) is 4.74 Å². The topological polar surface area (TPSA) is 36.0 Å². The molecule has 1 heterocycles. The number of rotatable bonds is 6. The summed E-state index contributed by atoms with van der Waals surface area (Å²) in [6.45, 7) is 7.61. The van der Waals surface area contributed by atoms with Crippen LogP contribution in [0.1, 0.15) is 11.1 Å². The standard InChI is InChI=1S/C22H29N3O2/c1-17-9-10-19(15-18(17)2)27-16-22(26)25-14-13-24(12-11-23(3)4)20-7-5-6-8-21(20)25/h5-10,15H,11-14,16H2,1-4H3. The first kappa shape index (κ1) is 19.2. The zero-order chi connectivity index (χ0) is 19.4. The quantitative estimate of drug-likeness (QED) is 0.786. The number of carbonyl (C=O) groups is 1. The molecule has 0 spiro atoms. The van der Waals surface area contributed by atoms with Crippen molar-refractivity contribution in [2.75, 3.05) is 56.7 Å². The number of para-hydroxylation sites is 2. The summed E-state index contributed by atoms with van der Waals surface area (Å²) in [5.74, 6) is 0.734. The number of nitrogens with zero attached hydrogens (tertiary/aromatic N) is 3. The second-order valence-corrected chi connectivity index (χ2v) is 7.36. The van der Waals surface area contributed by atoms with Gasteiger partial charge in [0.25, 0.3) is 5.91 Å². The number of amides is 1. The molecule has 1 amide bonds. The van der Waals surface area contributed by atoms with Crippen molar-refractivity contribution in [1.82, 2.24) is 4.90 Å². The van der Waals surface area contributed by atoms with Crippen LogP contribution in [-0.2, 0) is 4.79 Å². The number of hydrogen-bond donors (Lipinski definition) is 0. The van der Waals surface area contributed by atoms with Crippen LogP contribution in [0.4, 0.5) is 11.4 Å². The van der Waals surface area contributed by atoms with Crippen LogP contribution in [0.2, 0.25) is 0 Å². The molecule has 0 N–H and O–H groups in total. The molecular weight excluding hydrogens is 338 g/mol. The van der Waals surface area contributed by atoms with E-state index in [0.717, 1.165) is 36.8 Å². The Balaban J connectivity index is 1.69. The Morgan fingerprint density at radius 3 is 2.48 bits per heavy atom. The van der Waals surface area contributed by atoms with Crippen molar-refractivity contribution >= 4 is 17.3 Å². The second-order valence-electron chi connectivity index (χ2n) is 7.36. The van der Waals surface area contributed by atoms with Crippen LogP contribution in [0.15, 0.2) is 42.5 Å². The molecule has 1 aliphatic heterocycles. The van der Waals surface area contributed by atoms with Gasteiger partial charge in [0, 0.05) is 26.2 Å². The molecule has 0 atom stereocenters. The fourth-order valence-electron chi connectivity index (χ4n) is 3.26. The first-order valence-corrected chi connectivity index (χ1v) is 9.45. The lowest BCUT2D eigenvalue weighted by molar-refractivity contribution is -0.120. The normalized spacial score (nSPS) is 13.7. The molecule has 0 unspecified atom stereocenters. The summed E-state index contributed by atoms with van der Waals surface area (Å²) >= 11 is 0. The Morgan fingerprint density at radius 1 is 1.04 bits per heavy atom. The molecule has 0 aliphatic carbocycles. The number of ether oxygens (including phenoxy) is 1. The van der Waals surface area contributed by atoms with Gasteiger partial charge in [0.15, 0.2) is 6.61 Å². The monoisotopic (exact) mass is 367 g/mol. The summed E-state index contributed by atoms with van der Waals surface area (Å²) in [5, 5.41) is 0. The van der Waals surface area contributed by atoms with Gasteiger partial charge in [-0.3, -0.25) is 4.79 Å². The van der Waals surface area contributed by atoms with Crippen LogP contribution in [0.25, 0.3) is 0 Å². The number of anilines is 2. The number of carbonyl (C=O) groups excluding carboxylic acids is 1. The van der Waals surface area contributed by atoms with E-state index in [1.54, 1.807) is 0 Å². The van der Waals surface area contributed by atoms with E-state index in [0.29, 0.717) is 6.54 Å². The van der Waals surface area contributed by atoms with Crippen LogP contribution < -0.4 is 14.5 Å². The van der Waals surface area contributed by atoms with Crippen molar-refractivity contribution in [3.63, 3.8) is 0 Å². The lowest BCUT2D eigenvalue weighted by atomic mass is 10.1. The Morgan fingerprint density at radius 2 is 1.78 bits per heavy atom. The zero-order valence-electron chi connectivity index (χ0n) is 16.7. The van der Waals surface area contributed by atoms with Gasteiger partial charge in [-0.05, 0) is 63.3 Å². The summed E-state index contributed by atoms with van der Waals surface area (Å²) in [6, 6.07) is 14.0. The predicted octanol–water partition coefficient (Wildman–Crippen LogP) is 3.10.